The van der Waals surface area contributed by atoms with Crippen LogP contribution in [-0.2, 0) is 6.54 Å². The number of aromatic nitrogens is 1. The normalized spacial score (nSPS) is 10.8. The van der Waals surface area contributed by atoms with Crippen LogP contribution in [0.25, 0.3) is 10.9 Å². The lowest BCUT2D eigenvalue weighted by atomic mass is 10.2. The molecule has 0 unspecified atom stereocenters. The third-order valence-electron chi connectivity index (χ3n) is 2.83. The van der Waals surface area contributed by atoms with E-state index in [2.05, 4.69) is 10.3 Å². The van der Waals surface area contributed by atoms with Gasteiger partial charge in [0.1, 0.15) is 11.5 Å². The first kappa shape index (κ1) is 11.9. The van der Waals surface area contributed by atoms with Crippen molar-refractivity contribution >= 4 is 28.4 Å². The van der Waals surface area contributed by atoms with Crippen LogP contribution in [0.15, 0.2) is 47.1 Å². The number of furan rings is 1. The molecule has 5 heteroatoms. The van der Waals surface area contributed by atoms with Crippen molar-refractivity contribution in [3.63, 3.8) is 0 Å². The highest BCUT2D eigenvalue weighted by molar-refractivity contribution is 6.31. The van der Waals surface area contributed by atoms with Gasteiger partial charge in [-0.15, -0.1) is 0 Å². The summed E-state index contributed by atoms with van der Waals surface area (Å²) < 4.78 is 5.15. The van der Waals surface area contributed by atoms with Gasteiger partial charge in [0.05, 0.1) is 12.8 Å². The summed E-state index contributed by atoms with van der Waals surface area (Å²) in [6.45, 7) is 0.363. The molecule has 2 aromatic heterocycles. The summed E-state index contributed by atoms with van der Waals surface area (Å²) in [6.07, 6.45) is 1.58. The van der Waals surface area contributed by atoms with Crippen molar-refractivity contribution in [2.45, 2.75) is 6.54 Å². The molecule has 0 aliphatic rings. The Balaban J connectivity index is 1.77. The molecule has 0 aliphatic carbocycles. The molecule has 0 radical (unpaired) electrons. The predicted molar refractivity (Wildman–Crippen MR) is 73.2 cm³/mol. The van der Waals surface area contributed by atoms with Crippen molar-refractivity contribution < 1.29 is 9.21 Å². The predicted octanol–water partition coefficient (Wildman–Crippen LogP) is 3.34. The van der Waals surface area contributed by atoms with Crippen LogP contribution in [0.1, 0.15) is 16.2 Å². The Kier molecular flexibility index (Phi) is 3.01. The molecule has 2 heterocycles. The van der Waals surface area contributed by atoms with Crippen LogP contribution in [0.2, 0.25) is 5.02 Å². The lowest BCUT2D eigenvalue weighted by molar-refractivity contribution is 0.0944. The van der Waals surface area contributed by atoms with Crippen LogP contribution in [0, 0.1) is 0 Å². The highest BCUT2D eigenvalue weighted by Crippen LogP contribution is 2.19. The van der Waals surface area contributed by atoms with Gasteiger partial charge in [0, 0.05) is 15.9 Å². The van der Waals surface area contributed by atoms with Gasteiger partial charge < -0.3 is 14.7 Å². The van der Waals surface area contributed by atoms with Crippen molar-refractivity contribution in [2.75, 3.05) is 0 Å². The Bertz CT molecular complexity index is 716. The standard InChI is InChI=1S/C14H11ClN2O2/c15-10-4-3-9-6-13(17-12(9)7-10)14(18)16-8-11-2-1-5-19-11/h1-7,17H,8H2,(H,16,18). The summed E-state index contributed by atoms with van der Waals surface area (Å²) in [4.78, 5) is 15.0. The van der Waals surface area contributed by atoms with E-state index in [1.165, 1.54) is 0 Å². The summed E-state index contributed by atoms with van der Waals surface area (Å²) in [5, 5.41) is 4.37. The van der Waals surface area contributed by atoms with Crippen LogP contribution in [-0.4, -0.2) is 10.9 Å². The van der Waals surface area contributed by atoms with Crippen LogP contribution in [0.4, 0.5) is 0 Å². The Morgan fingerprint density at radius 1 is 1.32 bits per heavy atom. The van der Waals surface area contributed by atoms with Gasteiger partial charge in [0.2, 0.25) is 0 Å². The maximum Gasteiger partial charge on any atom is 0.268 e. The zero-order valence-electron chi connectivity index (χ0n) is 9.94. The molecule has 0 aliphatic heterocycles. The van der Waals surface area contributed by atoms with Crippen LogP contribution in [0.3, 0.4) is 0 Å². The van der Waals surface area contributed by atoms with Gasteiger partial charge in [0.15, 0.2) is 0 Å². The number of aromatic amines is 1. The number of amides is 1. The number of hydrogen-bond acceptors (Lipinski definition) is 2. The number of halogens is 1. The first-order chi connectivity index (χ1) is 9.22. The van der Waals surface area contributed by atoms with Crippen LogP contribution >= 0.6 is 11.6 Å². The van der Waals surface area contributed by atoms with E-state index >= 15 is 0 Å². The quantitative estimate of drug-likeness (QED) is 0.769. The molecule has 3 aromatic rings. The molecule has 2 N–H and O–H groups in total. The molecule has 0 saturated carbocycles. The fraction of sp³-hybridized carbons (Fsp3) is 0.0714. The van der Waals surface area contributed by atoms with Crippen molar-refractivity contribution in [3.05, 3.63) is 59.1 Å². The first-order valence-electron chi connectivity index (χ1n) is 5.81. The number of carbonyl (C=O) groups is 1. The fourth-order valence-corrected chi connectivity index (χ4v) is 2.07. The van der Waals surface area contributed by atoms with Crippen molar-refractivity contribution in [1.82, 2.24) is 10.3 Å². The maximum absolute atomic E-state index is 12.0. The Labute approximate surface area is 114 Å². The van der Waals surface area contributed by atoms with Crippen LogP contribution in [0.5, 0.6) is 0 Å². The van der Waals surface area contributed by atoms with Crippen molar-refractivity contribution in [2.24, 2.45) is 0 Å². The third kappa shape index (κ3) is 2.48. The molecule has 3 rings (SSSR count). The van der Waals surface area contributed by atoms with Gasteiger partial charge in [-0.1, -0.05) is 17.7 Å². The minimum atomic E-state index is -0.177. The number of fused-ring (bicyclic) bond motifs is 1. The molecule has 0 fully saturated rings. The molecular weight excluding hydrogens is 264 g/mol. The Morgan fingerprint density at radius 2 is 2.21 bits per heavy atom. The average molecular weight is 275 g/mol. The number of H-pyrrole nitrogens is 1. The SMILES string of the molecule is O=C(NCc1ccco1)c1cc2ccc(Cl)cc2[nH]1. The Morgan fingerprint density at radius 3 is 3.00 bits per heavy atom. The number of rotatable bonds is 3. The minimum Gasteiger partial charge on any atom is -0.467 e. The Hall–Kier alpha value is -2.20. The van der Waals surface area contributed by atoms with Gasteiger partial charge >= 0.3 is 0 Å². The summed E-state index contributed by atoms with van der Waals surface area (Å²) in [5.41, 5.74) is 1.35. The molecule has 96 valence electrons. The minimum absolute atomic E-state index is 0.177. The van der Waals surface area contributed by atoms with Gasteiger partial charge in [-0.2, -0.15) is 0 Å². The highest BCUT2D eigenvalue weighted by atomic mass is 35.5. The zero-order valence-corrected chi connectivity index (χ0v) is 10.7. The second-order valence-corrected chi connectivity index (χ2v) is 4.61. The van der Waals surface area contributed by atoms with Gasteiger partial charge in [-0.05, 0) is 30.3 Å². The topological polar surface area (TPSA) is 58.0 Å². The van der Waals surface area contributed by atoms with Crippen molar-refractivity contribution in [1.29, 1.82) is 0 Å². The largest absolute Gasteiger partial charge is 0.467 e. The van der Waals surface area contributed by atoms with E-state index in [9.17, 15) is 4.79 Å². The van der Waals surface area contributed by atoms with E-state index in [0.29, 0.717) is 23.0 Å². The molecule has 0 saturated heterocycles. The lowest BCUT2D eigenvalue weighted by Crippen LogP contribution is -2.22. The van der Waals surface area contributed by atoms with Crippen molar-refractivity contribution in [3.8, 4) is 0 Å². The molecular formula is C14H11ClN2O2. The van der Waals surface area contributed by atoms with Gasteiger partial charge in [-0.3, -0.25) is 4.79 Å². The molecule has 1 aromatic carbocycles. The lowest BCUT2D eigenvalue weighted by Gasteiger charge is -2.00. The highest BCUT2D eigenvalue weighted by Gasteiger charge is 2.09. The van der Waals surface area contributed by atoms with E-state index < -0.39 is 0 Å². The first-order valence-corrected chi connectivity index (χ1v) is 6.19. The smallest absolute Gasteiger partial charge is 0.268 e. The van der Waals surface area contributed by atoms with E-state index in [1.54, 1.807) is 30.5 Å². The van der Waals surface area contributed by atoms with E-state index in [0.717, 1.165) is 10.9 Å². The fourth-order valence-electron chi connectivity index (χ4n) is 1.90. The maximum atomic E-state index is 12.0. The second-order valence-electron chi connectivity index (χ2n) is 4.18. The van der Waals surface area contributed by atoms with Crippen LogP contribution < -0.4 is 5.32 Å². The third-order valence-corrected chi connectivity index (χ3v) is 3.07. The molecule has 4 nitrogen and oxygen atoms in total. The van der Waals surface area contributed by atoms with Gasteiger partial charge in [-0.25, -0.2) is 0 Å². The number of hydrogen-bond donors (Lipinski definition) is 2. The molecule has 0 spiro atoms. The number of benzene rings is 1. The summed E-state index contributed by atoms with van der Waals surface area (Å²) >= 11 is 5.90. The molecule has 19 heavy (non-hydrogen) atoms. The molecule has 0 atom stereocenters. The monoisotopic (exact) mass is 274 g/mol. The van der Waals surface area contributed by atoms with Gasteiger partial charge in [0.25, 0.3) is 5.91 Å². The molecule has 0 bridgehead atoms. The summed E-state index contributed by atoms with van der Waals surface area (Å²) in [5.74, 6) is 0.538. The van der Waals surface area contributed by atoms with E-state index in [4.69, 9.17) is 16.0 Å². The molecule has 1 amide bonds. The van der Waals surface area contributed by atoms with E-state index in [1.807, 2.05) is 12.1 Å². The zero-order chi connectivity index (χ0) is 13.2. The summed E-state index contributed by atoms with van der Waals surface area (Å²) in [6, 6.07) is 10.8. The average Bonchev–Trinajstić information content (AvgIpc) is 3.04. The van der Waals surface area contributed by atoms with E-state index in [-0.39, 0.29) is 5.91 Å². The number of carbonyl (C=O) groups excluding carboxylic acids is 1. The summed E-state index contributed by atoms with van der Waals surface area (Å²) in [7, 11) is 0. The number of nitrogens with one attached hydrogen (secondary N) is 2. The second kappa shape index (κ2) is 4.82.